The number of nitrogens with zero attached hydrogens (tertiary/aromatic N) is 5. The fraction of sp³-hybridized carbons (Fsp3) is 0.429. The molecular weight excluding hydrogens is 457 g/mol. The molecule has 0 radical (unpaired) electrons. The molecule has 0 spiro atoms. The molecular formula is C28H30FN5O2. The van der Waals surface area contributed by atoms with Crippen molar-refractivity contribution in [1.82, 2.24) is 19.4 Å². The maximum Gasteiger partial charge on any atom is 0.255 e. The summed E-state index contributed by atoms with van der Waals surface area (Å²) in [6, 6.07) is 10.9. The second-order valence-electron chi connectivity index (χ2n) is 11.3. The molecule has 3 aliphatic rings. The quantitative estimate of drug-likeness (QED) is 0.546. The van der Waals surface area contributed by atoms with Crippen LogP contribution in [0.5, 0.6) is 0 Å². The van der Waals surface area contributed by atoms with Crippen molar-refractivity contribution in [3.05, 3.63) is 54.1 Å². The predicted octanol–water partition coefficient (Wildman–Crippen LogP) is 4.01. The van der Waals surface area contributed by atoms with E-state index in [0.717, 1.165) is 35.0 Å². The van der Waals surface area contributed by atoms with Crippen LogP contribution in [0.15, 0.2) is 47.7 Å². The second kappa shape index (κ2) is 7.72. The molecule has 3 aromatic rings. The van der Waals surface area contributed by atoms with Crippen molar-refractivity contribution in [1.29, 1.82) is 0 Å². The number of benzene rings is 2. The molecule has 36 heavy (non-hydrogen) atoms. The lowest BCUT2D eigenvalue weighted by molar-refractivity contribution is -0.143. The summed E-state index contributed by atoms with van der Waals surface area (Å²) in [6.07, 6.45) is 3.66. The Morgan fingerprint density at radius 3 is 2.47 bits per heavy atom. The average Bonchev–Trinajstić information content (AvgIpc) is 3.40. The normalized spacial score (nSPS) is 20.6. The topological polar surface area (TPSA) is 70.8 Å². The number of fused-ring (bicyclic) bond motifs is 1. The van der Waals surface area contributed by atoms with Gasteiger partial charge in [-0.15, -0.1) is 0 Å². The van der Waals surface area contributed by atoms with E-state index in [2.05, 4.69) is 9.98 Å². The number of amidine groups is 1. The highest BCUT2D eigenvalue weighted by Crippen LogP contribution is 2.47. The van der Waals surface area contributed by atoms with Crippen molar-refractivity contribution >= 4 is 28.7 Å². The van der Waals surface area contributed by atoms with Crippen molar-refractivity contribution in [2.45, 2.75) is 39.2 Å². The van der Waals surface area contributed by atoms with Gasteiger partial charge in [-0.25, -0.2) is 9.37 Å². The number of carbonyl (C=O) groups excluding carboxylic acids is 2. The van der Waals surface area contributed by atoms with Crippen molar-refractivity contribution in [2.75, 3.05) is 19.6 Å². The number of rotatable bonds is 5. The SMILES string of the molecule is Cn1cnc2cc(-c3ccc(C4=NC(C)(C)C(=O)N4CC4CN(C(=O)C5(C)CC5)C4)c(F)c3)ccc21. The van der Waals surface area contributed by atoms with E-state index < -0.39 is 11.4 Å². The summed E-state index contributed by atoms with van der Waals surface area (Å²) in [4.78, 5) is 38.3. The molecule has 0 bridgehead atoms. The molecule has 2 amide bonds. The molecule has 2 aliphatic heterocycles. The van der Waals surface area contributed by atoms with Crippen LogP contribution in [0.1, 0.15) is 39.2 Å². The Morgan fingerprint density at radius 1 is 1.08 bits per heavy atom. The Morgan fingerprint density at radius 2 is 1.78 bits per heavy atom. The van der Waals surface area contributed by atoms with Gasteiger partial charge in [0.05, 0.1) is 22.9 Å². The van der Waals surface area contributed by atoms with Gasteiger partial charge in [-0.1, -0.05) is 19.1 Å². The van der Waals surface area contributed by atoms with Gasteiger partial charge in [0.1, 0.15) is 17.2 Å². The maximum absolute atomic E-state index is 15.5. The molecule has 0 N–H and O–H groups in total. The zero-order chi connectivity index (χ0) is 25.4. The molecule has 1 aromatic heterocycles. The molecule has 1 saturated heterocycles. The predicted molar refractivity (Wildman–Crippen MR) is 136 cm³/mol. The molecule has 2 aromatic carbocycles. The lowest BCUT2D eigenvalue weighted by atomic mass is 9.95. The first-order valence-electron chi connectivity index (χ1n) is 12.5. The number of likely N-dealkylation sites (tertiary alicyclic amines) is 1. The third-order valence-electron chi connectivity index (χ3n) is 7.88. The number of hydrogen-bond donors (Lipinski definition) is 0. The number of aromatic nitrogens is 2. The number of carbonyl (C=O) groups is 2. The fourth-order valence-electron chi connectivity index (χ4n) is 5.26. The fourth-order valence-corrected chi connectivity index (χ4v) is 5.26. The molecule has 0 unspecified atom stereocenters. The summed E-state index contributed by atoms with van der Waals surface area (Å²) in [7, 11) is 1.94. The lowest BCUT2D eigenvalue weighted by Crippen LogP contribution is -2.56. The minimum Gasteiger partial charge on any atom is -0.341 e. The summed E-state index contributed by atoms with van der Waals surface area (Å²) >= 11 is 0. The van der Waals surface area contributed by atoms with E-state index in [4.69, 9.17) is 0 Å². The Bertz CT molecular complexity index is 1450. The van der Waals surface area contributed by atoms with Crippen LogP contribution >= 0.6 is 0 Å². The van der Waals surface area contributed by atoms with Gasteiger partial charge in [0.2, 0.25) is 5.91 Å². The maximum atomic E-state index is 15.5. The first kappa shape index (κ1) is 22.9. The zero-order valence-electron chi connectivity index (χ0n) is 21.1. The summed E-state index contributed by atoms with van der Waals surface area (Å²) in [6.45, 7) is 7.22. The number of imidazole rings is 1. The van der Waals surface area contributed by atoms with Crippen LogP contribution in [-0.4, -0.2) is 62.2 Å². The Kier molecular flexibility index (Phi) is 4.91. The van der Waals surface area contributed by atoms with Gasteiger partial charge in [-0.05, 0) is 62.1 Å². The summed E-state index contributed by atoms with van der Waals surface area (Å²) in [5, 5.41) is 0. The first-order valence-corrected chi connectivity index (χ1v) is 12.5. The van der Waals surface area contributed by atoms with E-state index in [0.29, 0.717) is 31.0 Å². The van der Waals surface area contributed by atoms with Gasteiger partial charge in [-0.3, -0.25) is 19.5 Å². The Hall–Kier alpha value is -3.55. The number of aryl methyl sites for hydroxylation is 1. The smallest absolute Gasteiger partial charge is 0.255 e. The summed E-state index contributed by atoms with van der Waals surface area (Å²) in [5.41, 5.74) is 2.64. The van der Waals surface area contributed by atoms with Crippen LogP contribution in [0.4, 0.5) is 4.39 Å². The highest BCUT2D eigenvalue weighted by atomic mass is 19.1. The van der Waals surface area contributed by atoms with Crippen LogP contribution < -0.4 is 0 Å². The van der Waals surface area contributed by atoms with Crippen molar-refractivity contribution in [2.24, 2.45) is 23.4 Å². The van der Waals surface area contributed by atoms with Crippen LogP contribution in [-0.2, 0) is 16.6 Å². The van der Waals surface area contributed by atoms with Gasteiger partial charge < -0.3 is 9.47 Å². The zero-order valence-corrected chi connectivity index (χ0v) is 21.1. The van der Waals surface area contributed by atoms with Gasteiger partial charge in [0, 0.05) is 38.0 Å². The van der Waals surface area contributed by atoms with Crippen LogP contribution in [0, 0.1) is 17.2 Å². The molecule has 8 heteroatoms. The molecule has 186 valence electrons. The highest BCUT2D eigenvalue weighted by Gasteiger charge is 2.50. The lowest BCUT2D eigenvalue weighted by Gasteiger charge is -2.42. The van der Waals surface area contributed by atoms with Crippen LogP contribution in [0.25, 0.3) is 22.2 Å². The van der Waals surface area contributed by atoms with E-state index in [9.17, 15) is 9.59 Å². The minimum absolute atomic E-state index is 0.138. The molecule has 7 nitrogen and oxygen atoms in total. The van der Waals surface area contributed by atoms with Crippen molar-refractivity contribution in [3.63, 3.8) is 0 Å². The van der Waals surface area contributed by atoms with Crippen molar-refractivity contribution < 1.29 is 14.0 Å². The van der Waals surface area contributed by atoms with E-state index in [1.165, 1.54) is 6.07 Å². The number of hydrogen-bond acceptors (Lipinski definition) is 4. The summed E-state index contributed by atoms with van der Waals surface area (Å²) < 4.78 is 17.4. The number of halogens is 1. The van der Waals surface area contributed by atoms with Gasteiger partial charge in [0.25, 0.3) is 5.91 Å². The Labute approximate surface area is 209 Å². The van der Waals surface area contributed by atoms with Gasteiger partial charge in [-0.2, -0.15) is 0 Å². The van der Waals surface area contributed by atoms with Crippen LogP contribution in [0.2, 0.25) is 0 Å². The molecule has 0 atom stereocenters. The van der Waals surface area contributed by atoms with E-state index in [-0.39, 0.29) is 23.1 Å². The Balaban J connectivity index is 1.24. The molecule has 6 rings (SSSR count). The minimum atomic E-state index is -0.953. The van der Waals surface area contributed by atoms with Gasteiger partial charge >= 0.3 is 0 Å². The van der Waals surface area contributed by atoms with Gasteiger partial charge in [0.15, 0.2) is 0 Å². The van der Waals surface area contributed by atoms with Crippen molar-refractivity contribution in [3.8, 4) is 11.1 Å². The first-order chi connectivity index (χ1) is 17.1. The number of aliphatic imine (C=N–C) groups is 1. The molecule has 3 heterocycles. The standard InChI is InChI=1S/C28H30FN5O2/c1-27(2)25(35)34(15-17-13-33(14-17)26(36)28(3)9-10-28)24(31-27)20-7-5-18(11-21(20)29)19-6-8-23-22(12-19)30-16-32(23)4/h5-8,11-12,16-17H,9-10,13-15H2,1-4H3. The molecule has 2 fully saturated rings. The van der Waals surface area contributed by atoms with E-state index >= 15 is 4.39 Å². The van der Waals surface area contributed by atoms with E-state index in [1.54, 1.807) is 31.1 Å². The number of amides is 2. The second-order valence-corrected chi connectivity index (χ2v) is 11.3. The monoisotopic (exact) mass is 487 g/mol. The van der Waals surface area contributed by atoms with E-state index in [1.807, 2.05) is 47.7 Å². The average molecular weight is 488 g/mol. The van der Waals surface area contributed by atoms with Crippen LogP contribution in [0.3, 0.4) is 0 Å². The molecule has 1 aliphatic carbocycles. The highest BCUT2D eigenvalue weighted by molar-refractivity contribution is 6.15. The third kappa shape index (κ3) is 3.62. The molecule has 1 saturated carbocycles. The summed E-state index contributed by atoms with van der Waals surface area (Å²) in [5.74, 6) is 0.182. The largest absolute Gasteiger partial charge is 0.341 e. The third-order valence-corrected chi connectivity index (χ3v) is 7.88.